The Balaban J connectivity index is 2.28. The first-order valence-corrected chi connectivity index (χ1v) is 5.45. The van der Waals surface area contributed by atoms with E-state index in [0.29, 0.717) is 12.3 Å². The molecule has 2 aromatic rings. The molecule has 1 aromatic heterocycles. The molecule has 84 valence electrons. The Morgan fingerprint density at radius 3 is 2.94 bits per heavy atom. The lowest BCUT2D eigenvalue weighted by atomic mass is 10.2. The number of aryl methyl sites for hydroxylation is 1. The fourth-order valence-corrected chi connectivity index (χ4v) is 1.63. The zero-order valence-electron chi connectivity index (χ0n) is 9.54. The standard InChI is InChI=1S/C13H15NO2/c1-3-14-8-11(15)13-7-10-6-9(2)4-5-12(10)16-13/h4-7,14H,3,8H2,1-2H3. The smallest absolute Gasteiger partial charge is 0.211 e. The Hall–Kier alpha value is -1.61. The van der Waals surface area contributed by atoms with Crippen molar-refractivity contribution >= 4 is 16.8 Å². The molecule has 0 saturated heterocycles. The minimum absolute atomic E-state index is 0.00398. The van der Waals surface area contributed by atoms with E-state index in [1.54, 1.807) is 0 Å². The van der Waals surface area contributed by atoms with Crippen molar-refractivity contribution in [3.63, 3.8) is 0 Å². The zero-order valence-corrected chi connectivity index (χ0v) is 9.54. The highest BCUT2D eigenvalue weighted by Gasteiger charge is 2.11. The molecule has 0 amide bonds. The average molecular weight is 217 g/mol. The van der Waals surface area contributed by atoms with Crippen LogP contribution < -0.4 is 5.32 Å². The first-order chi connectivity index (χ1) is 7.70. The number of benzene rings is 1. The third kappa shape index (κ3) is 2.14. The van der Waals surface area contributed by atoms with E-state index in [-0.39, 0.29) is 5.78 Å². The Kier molecular flexibility index (Phi) is 3.06. The Bertz CT molecular complexity index is 514. The molecule has 0 bridgehead atoms. The first kappa shape index (κ1) is 10.9. The Labute approximate surface area is 94.4 Å². The molecular formula is C13H15NO2. The van der Waals surface area contributed by atoms with Crippen LogP contribution in [0.2, 0.25) is 0 Å². The van der Waals surface area contributed by atoms with Gasteiger partial charge in [0, 0.05) is 5.39 Å². The van der Waals surface area contributed by atoms with Crippen molar-refractivity contribution in [1.82, 2.24) is 5.32 Å². The van der Waals surface area contributed by atoms with Crippen LogP contribution in [0, 0.1) is 6.92 Å². The maximum absolute atomic E-state index is 11.7. The molecule has 3 heteroatoms. The molecule has 0 saturated carbocycles. The molecule has 0 atom stereocenters. The van der Waals surface area contributed by atoms with Gasteiger partial charge in [0.25, 0.3) is 0 Å². The van der Waals surface area contributed by atoms with Crippen LogP contribution in [0.5, 0.6) is 0 Å². The normalized spacial score (nSPS) is 10.9. The van der Waals surface area contributed by atoms with Crippen LogP contribution in [0.4, 0.5) is 0 Å². The first-order valence-electron chi connectivity index (χ1n) is 5.45. The molecule has 0 radical (unpaired) electrons. The van der Waals surface area contributed by atoms with Gasteiger partial charge >= 0.3 is 0 Å². The van der Waals surface area contributed by atoms with Gasteiger partial charge in [-0.2, -0.15) is 0 Å². The van der Waals surface area contributed by atoms with Gasteiger partial charge < -0.3 is 9.73 Å². The number of likely N-dealkylation sites (N-methyl/N-ethyl adjacent to an activating group) is 1. The second kappa shape index (κ2) is 4.49. The van der Waals surface area contributed by atoms with Gasteiger partial charge in [-0.1, -0.05) is 18.6 Å². The van der Waals surface area contributed by atoms with E-state index in [4.69, 9.17) is 4.42 Å². The van der Waals surface area contributed by atoms with E-state index in [1.807, 2.05) is 38.1 Å². The summed E-state index contributed by atoms with van der Waals surface area (Å²) >= 11 is 0. The molecule has 0 spiro atoms. The van der Waals surface area contributed by atoms with Crippen LogP contribution in [-0.2, 0) is 0 Å². The summed E-state index contributed by atoms with van der Waals surface area (Å²) in [5.41, 5.74) is 1.93. The topological polar surface area (TPSA) is 42.2 Å². The quantitative estimate of drug-likeness (QED) is 0.800. The van der Waals surface area contributed by atoms with E-state index in [9.17, 15) is 4.79 Å². The van der Waals surface area contributed by atoms with Crippen molar-refractivity contribution in [3.8, 4) is 0 Å². The number of Topliss-reactive ketones (excluding diaryl/α,β-unsaturated/α-hetero) is 1. The fourth-order valence-electron chi connectivity index (χ4n) is 1.63. The Morgan fingerprint density at radius 1 is 1.38 bits per heavy atom. The lowest BCUT2D eigenvalue weighted by molar-refractivity contribution is 0.0967. The second-order valence-electron chi connectivity index (χ2n) is 3.86. The van der Waals surface area contributed by atoms with Gasteiger partial charge in [0.05, 0.1) is 6.54 Å². The number of fused-ring (bicyclic) bond motifs is 1. The van der Waals surface area contributed by atoms with Gasteiger partial charge in [-0.15, -0.1) is 0 Å². The number of carbonyl (C=O) groups excluding carboxylic acids is 1. The molecule has 2 rings (SSSR count). The van der Waals surface area contributed by atoms with Gasteiger partial charge in [-0.3, -0.25) is 4.79 Å². The highest BCUT2D eigenvalue weighted by Crippen LogP contribution is 2.20. The molecular weight excluding hydrogens is 202 g/mol. The number of ketones is 1. The highest BCUT2D eigenvalue weighted by molar-refractivity contribution is 5.98. The molecule has 0 aliphatic carbocycles. The number of furan rings is 1. The maximum atomic E-state index is 11.7. The SMILES string of the molecule is CCNCC(=O)c1cc2cc(C)ccc2o1. The van der Waals surface area contributed by atoms with Gasteiger partial charge in [0.2, 0.25) is 5.78 Å². The summed E-state index contributed by atoms with van der Waals surface area (Å²) in [6.45, 7) is 5.10. The minimum atomic E-state index is -0.00398. The molecule has 0 fully saturated rings. The Morgan fingerprint density at radius 2 is 2.19 bits per heavy atom. The molecule has 3 nitrogen and oxygen atoms in total. The number of hydrogen-bond acceptors (Lipinski definition) is 3. The van der Waals surface area contributed by atoms with E-state index in [0.717, 1.165) is 17.5 Å². The van der Waals surface area contributed by atoms with Crippen LogP contribution in [0.1, 0.15) is 23.0 Å². The molecule has 1 aromatic carbocycles. The van der Waals surface area contributed by atoms with Crippen molar-refractivity contribution in [1.29, 1.82) is 0 Å². The van der Waals surface area contributed by atoms with Crippen molar-refractivity contribution in [2.24, 2.45) is 0 Å². The predicted molar refractivity (Wildman–Crippen MR) is 63.8 cm³/mol. The van der Waals surface area contributed by atoms with E-state index in [1.165, 1.54) is 5.56 Å². The van der Waals surface area contributed by atoms with Crippen LogP contribution in [0.3, 0.4) is 0 Å². The summed E-state index contributed by atoms with van der Waals surface area (Å²) < 4.78 is 5.49. The predicted octanol–water partition coefficient (Wildman–Crippen LogP) is 2.53. The molecule has 0 unspecified atom stereocenters. The molecule has 1 N–H and O–H groups in total. The zero-order chi connectivity index (χ0) is 11.5. The van der Waals surface area contributed by atoms with Gasteiger partial charge in [-0.25, -0.2) is 0 Å². The van der Waals surface area contributed by atoms with Gasteiger partial charge in [-0.05, 0) is 31.7 Å². The van der Waals surface area contributed by atoms with E-state index in [2.05, 4.69) is 5.32 Å². The number of carbonyl (C=O) groups is 1. The summed E-state index contributed by atoms with van der Waals surface area (Å²) in [5.74, 6) is 0.428. The van der Waals surface area contributed by atoms with Crippen molar-refractivity contribution < 1.29 is 9.21 Å². The lowest BCUT2D eigenvalue weighted by Gasteiger charge is -1.96. The summed E-state index contributed by atoms with van der Waals surface area (Å²) in [7, 11) is 0. The van der Waals surface area contributed by atoms with E-state index < -0.39 is 0 Å². The number of hydrogen-bond donors (Lipinski definition) is 1. The van der Waals surface area contributed by atoms with Crippen molar-refractivity contribution in [3.05, 3.63) is 35.6 Å². The minimum Gasteiger partial charge on any atom is -0.453 e. The number of rotatable bonds is 4. The third-order valence-electron chi connectivity index (χ3n) is 2.48. The summed E-state index contributed by atoms with van der Waals surface area (Å²) in [5, 5.41) is 3.98. The summed E-state index contributed by atoms with van der Waals surface area (Å²) in [6.07, 6.45) is 0. The third-order valence-corrected chi connectivity index (χ3v) is 2.48. The van der Waals surface area contributed by atoms with Crippen LogP contribution in [-0.4, -0.2) is 18.9 Å². The van der Waals surface area contributed by atoms with Crippen molar-refractivity contribution in [2.45, 2.75) is 13.8 Å². The number of nitrogens with one attached hydrogen (secondary N) is 1. The van der Waals surface area contributed by atoms with Gasteiger partial charge in [0.1, 0.15) is 5.58 Å². The summed E-state index contributed by atoms with van der Waals surface area (Å²) in [6, 6.07) is 7.70. The van der Waals surface area contributed by atoms with Crippen molar-refractivity contribution in [2.75, 3.05) is 13.1 Å². The van der Waals surface area contributed by atoms with Crippen LogP contribution >= 0.6 is 0 Å². The lowest BCUT2D eigenvalue weighted by Crippen LogP contribution is -2.22. The highest BCUT2D eigenvalue weighted by atomic mass is 16.3. The molecule has 16 heavy (non-hydrogen) atoms. The molecule has 0 aliphatic rings. The summed E-state index contributed by atoms with van der Waals surface area (Å²) in [4.78, 5) is 11.7. The molecule has 1 heterocycles. The maximum Gasteiger partial charge on any atom is 0.211 e. The van der Waals surface area contributed by atoms with Gasteiger partial charge in [0.15, 0.2) is 5.76 Å². The fraction of sp³-hybridized carbons (Fsp3) is 0.308. The van der Waals surface area contributed by atoms with E-state index >= 15 is 0 Å². The van der Waals surface area contributed by atoms with Crippen LogP contribution in [0.25, 0.3) is 11.0 Å². The second-order valence-corrected chi connectivity index (χ2v) is 3.86. The molecule has 0 aliphatic heterocycles. The largest absolute Gasteiger partial charge is 0.453 e. The van der Waals surface area contributed by atoms with Crippen LogP contribution in [0.15, 0.2) is 28.7 Å². The average Bonchev–Trinajstić information content (AvgIpc) is 2.68. The monoisotopic (exact) mass is 217 g/mol.